The highest BCUT2D eigenvalue weighted by Gasteiger charge is 2.23. The molecule has 152 valence electrons. The van der Waals surface area contributed by atoms with Gasteiger partial charge in [0, 0.05) is 18.0 Å². The van der Waals surface area contributed by atoms with Crippen molar-refractivity contribution < 1.29 is 9.47 Å². The normalized spacial score (nSPS) is 17.4. The van der Waals surface area contributed by atoms with Gasteiger partial charge in [-0.1, -0.05) is 12.1 Å². The van der Waals surface area contributed by atoms with Gasteiger partial charge in [-0.15, -0.1) is 11.3 Å². The summed E-state index contributed by atoms with van der Waals surface area (Å²) >= 11 is 1.83. The molecule has 0 radical (unpaired) electrons. The summed E-state index contributed by atoms with van der Waals surface area (Å²) < 4.78 is 12.0. The maximum absolute atomic E-state index is 6.47. The van der Waals surface area contributed by atoms with Crippen molar-refractivity contribution in [3.05, 3.63) is 45.6 Å². The molecule has 3 aromatic rings. The van der Waals surface area contributed by atoms with Crippen LogP contribution in [0.1, 0.15) is 40.2 Å². The Balaban J connectivity index is 1.58. The van der Waals surface area contributed by atoms with Gasteiger partial charge in [-0.2, -0.15) is 4.98 Å². The molecule has 0 amide bonds. The molecular formula is C23H27N3O2S. The summed E-state index contributed by atoms with van der Waals surface area (Å²) in [6, 6.07) is 6.21. The van der Waals surface area contributed by atoms with Gasteiger partial charge >= 0.3 is 0 Å². The molecule has 1 saturated heterocycles. The quantitative estimate of drug-likeness (QED) is 0.619. The van der Waals surface area contributed by atoms with E-state index in [9.17, 15) is 0 Å². The van der Waals surface area contributed by atoms with Crippen LogP contribution in [-0.2, 0) is 24.1 Å². The summed E-state index contributed by atoms with van der Waals surface area (Å²) in [4.78, 5) is 14.8. The predicted molar refractivity (Wildman–Crippen MR) is 116 cm³/mol. The molecular weight excluding hydrogens is 382 g/mol. The molecule has 6 heteroatoms. The van der Waals surface area contributed by atoms with Gasteiger partial charge in [0.2, 0.25) is 5.88 Å². The summed E-state index contributed by atoms with van der Waals surface area (Å²) in [7, 11) is 0. The van der Waals surface area contributed by atoms with Crippen molar-refractivity contribution in [1.82, 2.24) is 14.9 Å². The minimum Gasteiger partial charge on any atom is -0.438 e. The molecule has 0 atom stereocenters. The lowest BCUT2D eigenvalue weighted by molar-refractivity contribution is 0.0330. The number of morpholine rings is 1. The average Bonchev–Trinajstić information content (AvgIpc) is 3.11. The van der Waals surface area contributed by atoms with Crippen LogP contribution in [0, 0.1) is 13.8 Å². The summed E-state index contributed by atoms with van der Waals surface area (Å²) in [5.74, 6) is 2.46. The first-order chi connectivity index (χ1) is 14.2. The van der Waals surface area contributed by atoms with Crippen LogP contribution < -0.4 is 4.74 Å². The summed E-state index contributed by atoms with van der Waals surface area (Å²) in [5.41, 5.74) is 3.81. The molecule has 0 saturated carbocycles. The molecule has 1 aliphatic heterocycles. The van der Waals surface area contributed by atoms with Gasteiger partial charge in [0.05, 0.1) is 25.1 Å². The zero-order valence-electron chi connectivity index (χ0n) is 17.2. The highest BCUT2D eigenvalue weighted by Crippen LogP contribution is 2.41. The van der Waals surface area contributed by atoms with Crippen LogP contribution >= 0.6 is 11.3 Å². The van der Waals surface area contributed by atoms with Gasteiger partial charge in [0.25, 0.3) is 0 Å². The molecule has 5 rings (SSSR count). The number of nitrogens with zero attached hydrogens (tertiary/aromatic N) is 3. The van der Waals surface area contributed by atoms with Crippen LogP contribution in [-0.4, -0.2) is 41.2 Å². The second-order valence-corrected chi connectivity index (χ2v) is 9.11. The standard InChI is InChI=1S/C23H27N3O2S/c1-15-6-5-8-18(16(15)2)28-22-21-17-7-3-4-9-19(17)29-23(21)25-20(24-22)14-26-10-12-27-13-11-26/h5-6,8H,3-4,7,9-14H2,1-2H3. The average molecular weight is 410 g/mol. The Morgan fingerprint density at radius 2 is 1.93 bits per heavy atom. The first kappa shape index (κ1) is 19.0. The molecule has 3 heterocycles. The van der Waals surface area contributed by atoms with E-state index in [1.165, 1.54) is 28.8 Å². The third kappa shape index (κ3) is 3.77. The maximum atomic E-state index is 6.47. The second-order valence-electron chi connectivity index (χ2n) is 8.02. The van der Waals surface area contributed by atoms with Crippen molar-refractivity contribution in [2.75, 3.05) is 26.3 Å². The fraction of sp³-hybridized carbons (Fsp3) is 0.478. The van der Waals surface area contributed by atoms with Crippen LogP contribution in [0.5, 0.6) is 11.6 Å². The smallest absolute Gasteiger partial charge is 0.231 e. The van der Waals surface area contributed by atoms with Crippen molar-refractivity contribution in [3.63, 3.8) is 0 Å². The number of thiophene rings is 1. The summed E-state index contributed by atoms with van der Waals surface area (Å²) in [5, 5.41) is 1.14. The lowest BCUT2D eigenvalue weighted by Gasteiger charge is -2.25. The molecule has 1 aliphatic carbocycles. The molecule has 0 spiro atoms. The van der Waals surface area contributed by atoms with Crippen LogP contribution in [0.15, 0.2) is 18.2 Å². The monoisotopic (exact) mass is 409 g/mol. The number of aryl methyl sites for hydroxylation is 3. The summed E-state index contributed by atoms with van der Waals surface area (Å²) in [6.07, 6.45) is 4.75. The Bertz CT molecular complexity index is 1040. The molecule has 1 aromatic carbocycles. The highest BCUT2D eigenvalue weighted by atomic mass is 32.1. The van der Waals surface area contributed by atoms with E-state index in [0.717, 1.165) is 78.9 Å². The Morgan fingerprint density at radius 3 is 2.79 bits per heavy atom. The largest absolute Gasteiger partial charge is 0.438 e. The van der Waals surface area contributed by atoms with Crippen molar-refractivity contribution >= 4 is 21.6 Å². The van der Waals surface area contributed by atoms with Crippen molar-refractivity contribution in [1.29, 1.82) is 0 Å². The molecule has 5 nitrogen and oxygen atoms in total. The fourth-order valence-corrected chi connectivity index (χ4v) is 5.48. The number of benzene rings is 1. The highest BCUT2D eigenvalue weighted by molar-refractivity contribution is 7.18. The third-order valence-electron chi connectivity index (χ3n) is 6.06. The van der Waals surface area contributed by atoms with Gasteiger partial charge in [-0.3, -0.25) is 4.90 Å². The lowest BCUT2D eigenvalue weighted by Crippen LogP contribution is -2.36. The second kappa shape index (κ2) is 8.01. The molecule has 29 heavy (non-hydrogen) atoms. The van der Waals surface area contributed by atoms with E-state index in [0.29, 0.717) is 0 Å². The van der Waals surface area contributed by atoms with E-state index < -0.39 is 0 Å². The zero-order valence-corrected chi connectivity index (χ0v) is 18.0. The maximum Gasteiger partial charge on any atom is 0.231 e. The number of rotatable bonds is 4. The van der Waals surface area contributed by atoms with Gasteiger partial charge in [0.15, 0.2) is 0 Å². The van der Waals surface area contributed by atoms with Gasteiger partial charge in [-0.05, 0) is 62.3 Å². The minimum atomic E-state index is 0.728. The number of hydrogen-bond donors (Lipinski definition) is 0. The van der Waals surface area contributed by atoms with E-state index in [2.05, 4.69) is 24.8 Å². The number of aromatic nitrogens is 2. The number of ether oxygens (including phenoxy) is 2. The predicted octanol–water partition coefficient (Wildman–Crippen LogP) is 4.81. The van der Waals surface area contributed by atoms with E-state index in [4.69, 9.17) is 19.4 Å². The van der Waals surface area contributed by atoms with Gasteiger partial charge < -0.3 is 9.47 Å². The zero-order chi connectivity index (χ0) is 19.8. The van der Waals surface area contributed by atoms with E-state index in [-0.39, 0.29) is 0 Å². The van der Waals surface area contributed by atoms with Crippen LogP contribution in [0.25, 0.3) is 10.2 Å². The van der Waals surface area contributed by atoms with Gasteiger partial charge in [-0.25, -0.2) is 4.98 Å². The minimum absolute atomic E-state index is 0.728. The number of fused-ring (bicyclic) bond motifs is 3. The topological polar surface area (TPSA) is 47.5 Å². The van der Waals surface area contributed by atoms with Crippen LogP contribution in [0.4, 0.5) is 0 Å². The molecule has 2 aliphatic rings. The first-order valence-corrected chi connectivity index (χ1v) is 11.4. The molecule has 1 fully saturated rings. The van der Waals surface area contributed by atoms with E-state index >= 15 is 0 Å². The van der Waals surface area contributed by atoms with Crippen LogP contribution in [0.3, 0.4) is 0 Å². The summed E-state index contributed by atoms with van der Waals surface area (Å²) in [6.45, 7) is 8.38. The Hall–Kier alpha value is -2.02. The van der Waals surface area contributed by atoms with Crippen molar-refractivity contribution in [2.24, 2.45) is 0 Å². The lowest BCUT2D eigenvalue weighted by atomic mass is 9.97. The Labute approximate surface area is 175 Å². The molecule has 0 unspecified atom stereocenters. The molecule has 0 N–H and O–H groups in total. The van der Waals surface area contributed by atoms with Gasteiger partial charge in [0.1, 0.15) is 16.4 Å². The Kier molecular flexibility index (Phi) is 5.24. The van der Waals surface area contributed by atoms with Crippen molar-refractivity contribution in [2.45, 2.75) is 46.1 Å². The fourth-order valence-electron chi connectivity index (χ4n) is 4.21. The first-order valence-electron chi connectivity index (χ1n) is 10.5. The van der Waals surface area contributed by atoms with Crippen LogP contribution in [0.2, 0.25) is 0 Å². The number of hydrogen-bond acceptors (Lipinski definition) is 6. The third-order valence-corrected chi connectivity index (χ3v) is 7.24. The SMILES string of the molecule is Cc1cccc(Oc2nc(CN3CCOCC3)nc3sc4c(c23)CCCC4)c1C. The van der Waals surface area contributed by atoms with E-state index in [1.807, 2.05) is 23.5 Å². The van der Waals surface area contributed by atoms with Crippen molar-refractivity contribution in [3.8, 4) is 11.6 Å². The molecule has 0 bridgehead atoms. The van der Waals surface area contributed by atoms with E-state index in [1.54, 1.807) is 0 Å². The molecule has 2 aromatic heterocycles. The Morgan fingerprint density at radius 1 is 1.10 bits per heavy atom.